The Hall–Kier alpha value is -3.83. The highest BCUT2D eigenvalue weighted by atomic mass is 32.1. The summed E-state index contributed by atoms with van der Waals surface area (Å²) in [5, 5.41) is 0.413. The fourth-order valence-electron chi connectivity index (χ4n) is 4.33. The van der Waals surface area contributed by atoms with Crippen molar-refractivity contribution in [1.82, 2.24) is 9.88 Å². The number of carbonyl (C=O) groups is 1. The lowest BCUT2D eigenvalue weighted by molar-refractivity contribution is -0.123. The van der Waals surface area contributed by atoms with E-state index in [1.165, 1.54) is 6.07 Å². The Morgan fingerprint density at radius 3 is 2.47 bits per heavy atom. The Kier molecular flexibility index (Phi) is 7.04. The van der Waals surface area contributed by atoms with Crippen molar-refractivity contribution in [1.29, 1.82) is 0 Å². The number of carbonyl (C=O) groups excluding carboxylic acids is 1. The third-order valence-corrected chi connectivity index (χ3v) is 7.05. The molecule has 1 aliphatic rings. The molecule has 0 radical (unpaired) electrons. The third-order valence-electron chi connectivity index (χ3n) is 6.64. The van der Waals surface area contributed by atoms with E-state index in [-0.39, 0.29) is 18.3 Å². The molecule has 0 saturated carbocycles. The van der Waals surface area contributed by atoms with Crippen LogP contribution in [0.15, 0.2) is 54.9 Å². The van der Waals surface area contributed by atoms with Crippen molar-refractivity contribution in [2.45, 2.75) is 39.7 Å². The van der Waals surface area contributed by atoms with Gasteiger partial charge in [-0.15, -0.1) is 0 Å². The average Bonchev–Trinajstić information content (AvgIpc) is 3.03. The van der Waals surface area contributed by atoms with E-state index >= 15 is 0 Å². The summed E-state index contributed by atoms with van der Waals surface area (Å²) < 4.78 is 20.3. The fraction of sp³-hybridized carbons (Fsp3) is 0.286. The van der Waals surface area contributed by atoms with E-state index in [4.69, 9.17) is 23.5 Å². The van der Waals surface area contributed by atoms with Crippen molar-refractivity contribution in [2.75, 3.05) is 18.1 Å². The van der Waals surface area contributed by atoms with Crippen LogP contribution in [0, 0.1) is 26.2 Å². The van der Waals surface area contributed by atoms with Crippen LogP contribution in [-0.2, 0) is 4.79 Å². The number of rotatable bonds is 7. The molecule has 1 amide bonds. The van der Waals surface area contributed by atoms with Crippen LogP contribution < -0.4 is 9.64 Å². The second-order valence-corrected chi connectivity index (χ2v) is 9.55. The summed E-state index contributed by atoms with van der Waals surface area (Å²) in [6.45, 7) is 15.5. The van der Waals surface area contributed by atoms with E-state index in [1.54, 1.807) is 35.5 Å². The molecular weight excluding hydrogens is 475 g/mol. The lowest BCUT2D eigenvalue weighted by Crippen LogP contribution is -2.44. The van der Waals surface area contributed by atoms with Gasteiger partial charge in [0.25, 0.3) is 5.91 Å². The van der Waals surface area contributed by atoms with Crippen LogP contribution in [0.25, 0.3) is 16.0 Å². The highest BCUT2D eigenvalue weighted by Crippen LogP contribution is 2.37. The van der Waals surface area contributed by atoms with Gasteiger partial charge in [0.2, 0.25) is 0 Å². The van der Waals surface area contributed by atoms with Gasteiger partial charge in [-0.1, -0.05) is 12.1 Å². The molecule has 0 bridgehead atoms. The van der Waals surface area contributed by atoms with Crippen molar-refractivity contribution in [3.63, 3.8) is 0 Å². The van der Waals surface area contributed by atoms with Crippen molar-refractivity contribution in [3.05, 3.63) is 83.2 Å². The number of halogens is 1. The van der Waals surface area contributed by atoms with Gasteiger partial charge < -0.3 is 9.64 Å². The van der Waals surface area contributed by atoms with Gasteiger partial charge in [0.1, 0.15) is 5.54 Å². The molecule has 3 aromatic rings. The molecule has 184 valence electrons. The zero-order valence-electron chi connectivity index (χ0n) is 20.7. The van der Waals surface area contributed by atoms with Gasteiger partial charge in [-0.3, -0.25) is 14.7 Å². The molecule has 0 aliphatic carbocycles. The average molecular weight is 503 g/mol. The highest BCUT2D eigenvalue weighted by Gasteiger charge is 2.49. The van der Waals surface area contributed by atoms with E-state index < -0.39 is 11.4 Å². The summed E-state index contributed by atoms with van der Waals surface area (Å²) in [7, 11) is 0. The first-order valence-corrected chi connectivity index (χ1v) is 12.0. The van der Waals surface area contributed by atoms with Crippen LogP contribution in [0.3, 0.4) is 0 Å². The Labute approximate surface area is 216 Å². The van der Waals surface area contributed by atoms with Crippen LogP contribution in [0.5, 0.6) is 5.75 Å². The smallest absolute Gasteiger partial charge is 0.258 e. The molecule has 1 fully saturated rings. The van der Waals surface area contributed by atoms with Crippen LogP contribution in [0.2, 0.25) is 0 Å². The quantitative estimate of drug-likeness (QED) is 0.218. The maximum Gasteiger partial charge on any atom is 0.258 e. The van der Waals surface area contributed by atoms with Gasteiger partial charge in [-0.05, 0) is 98.9 Å². The molecule has 36 heavy (non-hydrogen) atoms. The standard InChI is InChI=1S/C28H27FN4O2S/c1-18-19(2)24(9-8-23(18)30-5)33-26(34)28(3,4)32(27(33)36)15-6-16-35-25-10-7-21(17-22(25)29)20-11-13-31-14-12-20/h7-14,17H,6,15-16H2,1-4H3. The predicted molar refractivity (Wildman–Crippen MR) is 143 cm³/mol. The first-order valence-electron chi connectivity index (χ1n) is 11.6. The van der Waals surface area contributed by atoms with E-state index in [0.29, 0.717) is 29.5 Å². The molecule has 4 rings (SSSR count). The lowest BCUT2D eigenvalue weighted by atomic mass is 10.0. The molecule has 2 aromatic carbocycles. The minimum absolute atomic E-state index is 0.121. The Morgan fingerprint density at radius 1 is 1.08 bits per heavy atom. The van der Waals surface area contributed by atoms with Crippen molar-refractivity contribution in [2.24, 2.45) is 0 Å². The third kappa shape index (κ3) is 4.54. The molecular formula is C28H27FN4O2S. The lowest BCUT2D eigenvalue weighted by Gasteiger charge is -2.29. The number of ether oxygens (including phenoxy) is 1. The molecule has 0 unspecified atom stereocenters. The number of amides is 1. The normalized spacial score (nSPS) is 14.8. The number of hydrogen-bond acceptors (Lipinski definition) is 4. The van der Waals surface area contributed by atoms with Crippen LogP contribution in [0.4, 0.5) is 15.8 Å². The van der Waals surface area contributed by atoms with Gasteiger partial charge in [0, 0.05) is 18.9 Å². The number of thiocarbonyl (C=S) groups is 1. The molecule has 6 nitrogen and oxygen atoms in total. The number of nitrogens with zero attached hydrogens (tertiary/aromatic N) is 4. The number of hydrogen-bond donors (Lipinski definition) is 0. The molecule has 1 saturated heterocycles. The zero-order valence-corrected chi connectivity index (χ0v) is 21.5. The molecule has 2 heterocycles. The Morgan fingerprint density at radius 2 is 1.81 bits per heavy atom. The zero-order chi connectivity index (χ0) is 26.0. The summed E-state index contributed by atoms with van der Waals surface area (Å²) in [6.07, 6.45) is 3.88. The molecule has 1 aliphatic heterocycles. The topological polar surface area (TPSA) is 50.0 Å². The largest absolute Gasteiger partial charge is 0.490 e. The van der Waals surface area contributed by atoms with Crippen molar-refractivity contribution < 1.29 is 13.9 Å². The van der Waals surface area contributed by atoms with Crippen molar-refractivity contribution >= 4 is 34.6 Å². The second-order valence-electron chi connectivity index (χ2n) is 9.18. The highest BCUT2D eigenvalue weighted by molar-refractivity contribution is 7.80. The van der Waals surface area contributed by atoms with E-state index in [0.717, 1.165) is 22.3 Å². The van der Waals surface area contributed by atoms with Gasteiger partial charge in [0.15, 0.2) is 22.4 Å². The predicted octanol–water partition coefficient (Wildman–Crippen LogP) is 6.24. The molecule has 1 aromatic heterocycles. The first kappa shape index (κ1) is 25.3. The molecule has 0 spiro atoms. The summed E-state index contributed by atoms with van der Waals surface area (Å²) in [4.78, 5) is 24.3. The van der Waals surface area contributed by atoms with E-state index in [9.17, 15) is 9.18 Å². The number of benzene rings is 2. The van der Waals surface area contributed by atoms with Gasteiger partial charge in [-0.25, -0.2) is 9.24 Å². The van der Waals surface area contributed by atoms with Crippen LogP contribution in [0.1, 0.15) is 31.4 Å². The molecule has 8 heteroatoms. The second kappa shape index (κ2) is 10.0. The maximum atomic E-state index is 14.6. The van der Waals surface area contributed by atoms with Gasteiger partial charge >= 0.3 is 0 Å². The number of anilines is 1. The van der Waals surface area contributed by atoms with E-state index in [1.807, 2.05) is 50.8 Å². The minimum Gasteiger partial charge on any atom is -0.490 e. The SMILES string of the molecule is [C-]#[N+]c1ccc(N2C(=O)C(C)(C)N(CCCOc3ccc(-c4ccncc4)cc3F)C2=S)c(C)c1C. The maximum absolute atomic E-state index is 14.6. The summed E-state index contributed by atoms with van der Waals surface area (Å²) in [5.74, 6) is -0.375. The minimum atomic E-state index is -0.840. The van der Waals surface area contributed by atoms with Crippen molar-refractivity contribution in [3.8, 4) is 16.9 Å². The molecule has 0 atom stereocenters. The summed E-state index contributed by atoms with van der Waals surface area (Å²) in [6, 6.07) is 12.0. The van der Waals surface area contributed by atoms with Crippen LogP contribution in [-0.4, -0.2) is 39.6 Å². The van der Waals surface area contributed by atoms with Gasteiger partial charge in [-0.2, -0.15) is 0 Å². The summed E-state index contributed by atoms with van der Waals surface area (Å²) >= 11 is 5.72. The Balaban J connectivity index is 1.42. The first-order chi connectivity index (χ1) is 17.2. The fourth-order valence-corrected chi connectivity index (χ4v) is 4.83. The van der Waals surface area contributed by atoms with Crippen LogP contribution >= 0.6 is 12.2 Å². The summed E-state index contributed by atoms with van der Waals surface area (Å²) in [5.41, 5.74) is 3.73. The number of aromatic nitrogens is 1. The molecule has 0 N–H and O–H groups in total. The number of pyridine rings is 1. The Bertz CT molecular complexity index is 1370. The monoisotopic (exact) mass is 502 g/mol. The van der Waals surface area contributed by atoms with E-state index in [2.05, 4.69) is 9.83 Å². The van der Waals surface area contributed by atoms with Gasteiger partial charge in [0.05, 0.1) is 18.9 Å².